The van der Waals surface area contributed by atoms with Crippen molar-refractivity contribution in [2.24, 2.45) is 47.3 Å². The van der Waals surface area contributed by atoms with Crippen LogP contribution in [0.5, 0.6) is 0 Å². The van der Waals surface area contributed by atoms with Crippen molar-refractivity contribution in [1.29, 1.82) is 0 Å². The number of carbonyl (C=O) groups excluding carboxylic acids is 2. The molecular formula is C18H22O7. The Hall–Kier alpha value is -1.92. The maximum atomic E-state index is 12.5. The Morgan fingerprint density at radius 3 is 1.24 bits per heavy atom. The van der Waals surface area contributed by atoms with E-state index in [-0.39, 0.29) is 23.7 Å². The quantitative estimate of drug-likeness (QED) is 0.583. The third kappa shape index (κ3) is 2.47. The molecule has 2 N–H and O–H groups in total. The van der Waals surface area contributed by atoms with Gasteiger partial charge in [-0.2, -0.15) is 0 Å². The summed E-state index contributed by atoms with van der Waals surface area (Å²) in [4.78, 5) is 48.1. The van der Waals surface area contributed by atoms with Crippen LogP contribution in [0.2, 0.25) is 0 Å². The summed E-state index contributed by atoms with van der Waals surface area (Å²) in [7, 11) is 0. The lowest BCUT2D eigenvalue weighted by molar-refractivity contribution is -0.175. The number of hydrogen-bond donors (Lipinski definition) is 2. The highest BCUT2D eigenvalue weighted by atomic mass is 16.6. The minimum atomic E-state index is -1.01. The fourth-order valence-electron chi connectivity index (χ4n) is 6.21. The molecule has 8 unspecified atom stereocenters. The van der Waals surface area contributed by atoms with E-state index in [2.05, 4.69) is 0 Å². The third-order valence-electron chi connectivity index (χ3n) is 7.15. The van der Waals surface area contributed by atoms with Crippen molar-refractivity contribution in [3.8, 4) is 0 Å². The van der Waals surface area contributed by atoms with Crippen LogP contribution in [0.3, 0.4) is 0 Å². The Bertz CT molecular complexity index is 587. The highest BCUT2D eigenvalue weighted by Crippen LogP contribution is 2.54. The lowest BCUT2D eigenvalue weighted by atomic mass is 9.78. The van der Waals surface area contributed by atoms with Gasteiger partial charge in [-0.25, -0.2) is 0 Å². The normalized spacial score (nSPS) is 44.0. The lowest BCUT2D eigenvalue weighted by Gasteiger charge is -2.28. The van der Waals surface area contributed by atoms with Crippen LogP contribution < -0.4 is 0 Å². The van der Waals surface area contributed by atoms with E-state index in [1.165, 1.54) is 0 Å². The Labute approximate surface area is 144 Å². The van der Waals surface area contributed by atoms with E-state index in [9.17, 15) is 29.4 Å². The van der Waals surface area contributed by atoms with Gasteiger partial charge >= 0.3 is 23.9 Å². The summed E-state index contributed by atoms with van der Waals surface area (Å²) in [5.74, 6) is -6.80. The zero-order chi connectivity index (χ0) is 17.9. The topological polar surface area (TPSA) is 118 Å². The van der Waals surface area contributed by atoms with Gasteiger partial charge in [-0.15, -0.1) is 0 Å². The molecule has 0 spiro atoms. The van der Waals surface area contributed by atoms with Gasteiger partial charge in [-0.1, -0.05) is 0 Å². The fourth-order valence-corrected chi connectivity index (χ4v) is 6.21. The zero-order valence-electron chi connectivity index (χ0n) is 13.8. The predicted octanol–water partition coefficient (Wildman–Crippen LogP) is 1.55. The highest BCUT2D eigenvalue weighted by Gasteiger charge is 2.58. The lowest BCUT2D eigenvalue weighted by Crippen LogP contribution is -2.40. The first-order chi connectivity index (χ1) is 11.9. The SMILES string of the molecule is O=C(O)C1C2CCC(C2)C1C(=O)OC(=O)C1C2CCC(C2)C1C(=O)O. The second kappa shape index (κ2) is 5.81. The molecule has 4 aliphatic rings. The second-order valence-electron chi connectivity index (χ2n) is 8.19. The van der Waals surface area contributed by atoms with Crippen LogP contribution in [0.25, 0.3) is 0 Å². The monoisotopic (exact) mass is 350 g/mol. The molecule has 0 aromatic heterocycles. The first-order valence-corrected chi connectivity index (χ1v) is 9.09. The number of carbonyl (C=O) groups is 4. The van der Waals surface area contributed by atoms with Crippen LogP contribution >= 0.6 is 0 Å². The first kappa shape index (κ1) is 16.5. The standard InChI is InChI=1S/C18H22O7/c19-15(20)11-7-1-3-9(5-7)13(11)17(23)25-18(24)14-10-4-2-8(6-10)12(14)16(21)22/h7-14H,1-6H2,(H,19,20)(H,21,22). The maximum absolute atomic E-state index is 12.5. The molecule has 4 saturated carbocycles. The van der Waals surface area contributed by atoms with Gasteiger partial charge in [0.05, 0.1) is 23.7 Å². The number of aliphatic carboxylic acids is 2. The van der Waals surface area contributed by atoms with E-state index < -0.39 is 47.5 Å². The van der Waals surface area contributed by atoms with E-state index in [1.54, 1.807) is 0 Å². The van der Waals surface area contributed by atoms with E-state index in [1.807, 2.05) is 0 Å². The van der Waals surface area contributed by atoms with Crippen molar-refractivity contribution >= 4 is 23.9 Å². The van der Waals surface area contributed by atoms with E-state index in [4.69, 9.17) is 4.74 Å². The molecule has 0 heterocycles. The Kier molecular flexibility index (Phi) is 3.85. The molecule has 25 heavy (non-hydrogen) atoms. The number of fused-ring (bicyclic) bond motifs is 4. The minimum absolute atomic E-state index is 0.0237. The van der Waals surface area contributed by atoms with Gasteiger partial charge in [0.2, 0.25) is 0 Å². The smallest absolute Gasteiger partial charge is 0.317 e. The summed E-state index contributed by atoms with van der Waals surface area (Å²) in [5.41, 5.74) is 0. The molecule has 0 aromatic rings. The molecule has 4 bridgehead atoms. The number of carboxylic acids is 2. The molecule has 4 fully saturated rings. The number of carboxylic acid groups (broad SMARTS) is 2. The summed E-state index contributed by atoms with van der Waals surface area (Å²) in [6.45, 7) is 0. The molecule has 0 radical (unpaired) electrons. The van der Waals surface area contributed by atoms with Crippen molar-refractivity contribution < 1.29 is 34.1 Å². The summed E-state index contributed by atoms with van der Waals surface area (Å²) >= 11 is 0. The first-order valence-electron chi connectivity index (χ1n) is 9.09. The van der Waals surface area contributed by atoms with E-state index in [0.717, 1.165) is 25.7 Å². The average molecular weight is 350 g/mol. The molecule has 0 saturated heterocycles. The van der Waals surface area contributed by atoms with Crippen molar-refractivity contribution in [2.45, 2.75) is 38.5 Å². The molecule has 8 atom stereocenters. The van der Waals surface area contributed by atoms with Crippen molar-refractivity contribution in [2.75, 3.05) is 0 Å². The van der Waals surface area contributed by atoms with Gasteiger partial charge in [0, 0.05) is 0 Å². The summed E-state index contributed by atoms with van der Waals surface area (Å²) in [6, 6.07) is 0. The van der Waals surface area contributed by atoms with E-state index >= 15 is 0 Å². The molecule has 7 heteroatoms. The summed E-state index contributed by atoms with van der Waals surface area (Å²) in [6.07, 6.45) is 4.55. The number of ether oxygens (including phenoxy) is 1. The summed E-state index contributed by atoms with van der Waals surface area (Å²) < 4.78 is 5.08. The Balaban J connectivity index is 1.48. The van der Waals surface area contributed by atoms with Gasteiger partial charge in [0.25, 0.3) is 0 Å². The van der Waals surface area contributed by atoms with Crippen LogP contribution in [0.15, 0.2) is 0 Å². The van der Waals surface area contributed by atoms with Gasteiger partial charge in [0.1, 0.15) is 0 Å². The molecule has 4 rings (SSSR count). The van der Waals surface area contributed by atoms with Gasteiger partial charge in [-0.05, 0) is 62.2 Å². The molecular weight excluding hydrogens is 328 g/mol. The Morgan fingerprint density at radius 1 is 0.600 bits per heavy atom. The maximum Gasteiger partial charge on any atom is 0.317 e. The van der Waals surface area contributed by atoms with Crippen molar-refractivity contribution in [1.82, 2.24) is 0 Å². The fraction of sp³-hybridized carbons (Fsp3) is 0.778. The predicted molar refractivity (Wildman–Crippen MR) is 82.0 cm³/mol. The van der Waals surface area contributed by atoms with Crippen LogP contribution in [-0.2, 0) is 23.9 Å². The molecule has 0 aromatic carbocycles. The third-order valence-corrected chi connectivity index (χ3v) is 7.15. The minimum Gasteiger partial charge on any atom is -0.481 e. The van der Waals surface area contributed by atoms with Gasteiger partial charge in [-0.3, -0.25) is 19.2 Å². The van der Waals surface area contributed by atoms with Crippen LogP contribution in [0, 0.1) is 47.3 Å². The molecule has 4 aliphatic carbocycles. The van der Waals surface area contributed by atoms with E-state index in [0.29, 0.717) is 12.8 Å². The van der Waals surface area contributed by atoms with Gasteiger partial charge in [0.15, 0.2) is 0 Å². The molecule has 7 nitrogen and oxygen atoms in total. The highest BCUT2D eigenvalue weighted by molar-refractivity contribution is 5.93. The zero-order valence-corrected chi connectivity index (χ0v) is 13.8. The van der Waals surface area contributed by atoms with Crippen LogP contribution in [0.4, 0.5) is 0 Å². The average Bonchev–Trinajstić information content (AvgIpc) is 3.31. The van der Waals surface area contributed by atoms with Crippen molar-refractivity contribution in [3.05, 3.63) is 0 Å². The Morgan fingerprint density at radius 2 is 0.920 bits per heavy atom. The van der Waals surface area contributed by atoms with Crippen molar-refractivity contribution in [3.63, 3.8) is 0 Å². The largest absolute Gasteiger partial charge is 0.481 e. The number of rotatable bonds is 4. The number of hydrogen-bond acceptors (Lipinski definition) is 5. The van der Waals surface area contributed by atoms with Gasteiger partial charge < -0.3 is 14.9 Å². The van der Waals surface area contributed by atoms with Crippen LogP contribution in [-0.4, -0.2) is 34.1 Å². The number of esters is 2. The molecule has 0 aliphatic heterocycles. The molecule has 0 amide bonds. The summed E-state index contributed by atoms with van der Waals surface area (Å²) in [5, 5.41) is 18.9. The second-order valence-corrected chi connectivity index (χ2v) is 8.19. The van der Waals surface area contributed by atoms with Crippen LogP contribution in [0.1, 0.15) is 38.5 Å². The molecule has 136 valence electrons.